The van der Waals surface area contributed by atoms with Gasteiger partial charge in [0.2, 0.25) is 5.88 Å². The molecule has 0 aliphatic carbocycles. The summed E-state index contributed by atoms with van der Waals surface area (Å²) in [6.45, 7) is 0.0586. The Bertz CT molecular complexity index is 630. The van der Waals surface area contributed by atoms with E-state index in [2.05, 4.69) is 4.98 Å². The number of aromatic carboxylic acids is 1. The molecule has 0 aliphatic heterocycles. The minimum absolute atomic E-state index is 0.0586. The van der Waals surface area contributed by atoms with Gasteiger partial charge in [-0.2, -0.15) is 0 Å². The van der Waals surface area contributed by atoms with E-state index in [0.29, 0.717) is 11.6 Å². The molecule has 1 heterocycles. The zero-order valence-corrected chi connectivity index (χ0v) is 10.7. The van der Waals surface area contributed by atoms with Crippen LogP contribution >= 0.6 is 0 Å². The lowest BCUT2D eigenvalue weighted by atomic mass is 10.2. The highest BCUT2D eigenvalue weighted by atomic mass is 19.1. The Morgan fingerprint density at radius 3 is 2.85 bits per heavy atom. The van der Waals surface area contributed by atoms with Crippen molar-refractivity contribution < 1.29 is 23.8 Å². The van der Waals surface area contributed by atoms with E-state index in [9.17, 15) is 9.18 Å². The second-order valence-corrected chi connectivity index (χ2v) is 3.91. The highest BCUT2D eigenvalue weighted by molar-refractivity contribution is 5.90. The molecule has 0 bridgehead atoms. The number of halogens is 1. The minimum atomic E-state index is -1.25. The van der Waals surface area contributed by atoms with E-state index in [1.165, 1.54) is 13.2 Å². The Kier molecular flexibility index (Phi) is 4.14. The second kappa shape index (κ2) is 6.01. The standard InChI is InChI=1S/C14H12FNO4/c1-19-13-4-2-3-10(16-13)8-20-12-6-5-9(15)7-11(12)14(17)18/h2-7H,8H2,1H3,(H,17,18). The molecule has 0 unspecified atom stereocenters. The molecule has 2 rings (SSSR count). The first-order valence-electron chi connectivity index (χ1n) is 5.75. The SMILES string of the molecule is COc1cccc(COc2ccc(F)cc2C(=O)O)n1. The van der Waals surface area contributed by atoms with Gasteiger partial charge in [-0.15, -0.1) is 0 Å². The molecule has 1 aromatic heterocycles. The highest BCUT2D eigenvalue weighted by Crippen LogP contribution is 2.21. The summed E-state index contributed by atoms with van der Waals surface area (Å²) in [6.07, 6.45) is 0. The van der Waals surface area contributed by atoms with Crippen LogP contribution in [0.25, 0.3) is 0 Å². The molecule has 104 valence electrons. The van der Waals surface area contributed by atoms with Crippen LogP contribution in [0.2, 0.25) is 0 Å². The van der Waals surface area contributed by atoms with Crippen molar-refractivity contribution >= 4 is 5.97 Å². The van der Waals surface area contributed by atoms with E-state index < -0.39 is 11.8 Å². The molecule has 5 nitrogen and oxygen atoms in total. The van der Waals surface area contributed by atoms with E-state index in [4.69, 9.17) is 14.6 Å². The number of carboxylic acids is 1. The van der Waals surface area contributed by atoms with E-state index in [-0.39, 0.29) is 17.9 Å². The molecule has 0 spiro atoms. The molecule has 0 aliphatic rings. The van der Waals surface area contributed by atoms with E-state index in [1.807, 2.05) is 0 Å². The van der Waals surface area contributed by atoms with E-state index in [0.717, 1.165) is 12.1 Å². The number of hydrogen-bond donors (Lipinski definition) is 1. The quantitative estimate of drug-likeness (QED) is 0.909. The van der Waals surface area contributed by atoms with Crippen LogP contribution in [0.15, 0.2) is 36.4 Å². The second-order valence-electron chi connectivity index (χ2n) is 3.91. The maximum absolute atomic E-state index is 13.0. The van der Waals surface area contributed by atoms with Crippen LogP contribution in [0.5, 0.6) is 11.6 Å². The van der Waals surface area contributed by atoms with Gasteiger partial charge >= 0.3 is 5.97 Å². The molecule has 0 amide bonds. The van der Waals surface area contributed by atoms with Gasteiger partial charge in [0.05, 0.1) is 12.8 Å². The summed E-state index contributed by atoms with van der Waals surface area (Å²) in [6, 6.07) is 8.47. The van der Waals surface area contributed by atoms with Gasteiger partial charge < -0.3 is 14.6 Å². The predicted octanol–water partition coefficient (Wildman–Crippen LogP) is 2.51. The normalized spacial score (nSPS) is 10.1. The number of ether oxygens (including phenoxy) is 2. The fourth-order valence-electron chi connectivity index (χ4n) is 1.60. The maximum atomic E-state index is 13.0. The zero-order chi connectivity index (χ0) is 14.5. The van der Waals surface area contributed by atoms with Crippen molar-refractivity contribution in [2.45, 2.75) is 6.61 Å². The van der Waals surface area contributed by atoms with Crippen LogP contribution in [0.1, 0.15) is 16.1 Å². The van der Waals surface area contributed by atoms with Crippen LogP contribution in [-0.2, 0) is 6.61 Å². The first-order valence-corrected chi connectivity index (χ1v) is 5.75. The Morgan fingerprint density at radius 2 is 2.15 bits per heavy atom. The number of rotatable bonds is 5. The van der Waals surface area contributed by atoms with Gasteiger partial charge in [-0.05, 0) is 24.3 Å². The minimum Gasteiger partial charge on any atom is -0.486 e. The van der Waals surface area contributed by atoms with Crippen molar-refractivity contribution in [1.82, 2.24) is 4.98 Å². The Morgan fingerprint density at radius 1 is 1.35 bits per heavy atom. The third kappa shape index (κ3) is 3.23. The predicted molar refractivity (Wildman–Crippen MR) is 68.5 cm³/mol. The summed E-state index contributed by atoms with van der Waals surface area (Å²) in [5.74, 6) is -1.36. The number of nitrogens with zero attached hydrogens (tertiary/aromatic N) is 1. The molecule has 0 atom stereocenters. The first kappa shape index (κ1) is 13.8. The first-order chi connectivity index (χ1) is 9.60. The largest absolute Gasteiger partial charge is 0.486 e. The lowest BCUT2D eigenvalue weighted by molar-refractivity contribution is 0.0691. The van der Waals surface area contributed by atoms with Crippen LogP contribution in [-0.4, -0.2) is 23.2 Å². The van der Waals surface area contributed by atoms with Crippen molar-refractivity contribution in [1.29, 1.82) is 0 Å². The van der Waals surface area contributed by atoms with Crippen LogP contribution in [0.4, 0.5) is 4.39 Å². The lowest BCUT2D eigenvalue weighted by Crippen LogP contribution is -2.05. The van der Waals surface area contributed by atoms with Gasteiger partial charge in [-0.25, -0.2) is 14.2 Å². The van der Waals surface area contributed by atoms with E-state index in [1.54, 1.807) is 18.2 Å². The number of hydrogen-bond acceptors (Lipinski definition) is 4. The molecular formula is C14H12FNO4. The third-order valence-electron chi connectivity index (χ3n) is 2.54. The maximum Gasteiger partial charge on any atom is 0.339 e. The van der Waals surface area contributed by atoms with Crippen molar-refractivity contribution in [3.63, 3.8) is 0 Å². The summed E-state index contributed by atoms with van der Waals surface area (Å²) in [5.41, 5.74) is 0.345. The van der Waals surface area contributed by atoms with Crippen molar-refractivity contribution in [3.05, 3.63) is 53.5 Å². The summed E-state index contributed by atoms with van der Waals surface area (Å²) in [7, 11) is 1.50. The van der Waals surface area contributed by atoms with Crippen LogP contribution in [0, 0.1) is 5.82 Å². The smallest absolute Gasteiger partial charge is 0.339 e. The van der Waals surface area contributed by atoms with Gasteiger partial charge in [-0.1, -0.05) is 6.07 Å². The zero-order valence-electron chi connectivity index (χ0n) is 10.7. The number of carbonyl (C=O) groups is 1. The molecule has 1 aromatic carbocycles. The van der Waals surface area contributed by atoms with Crippen molar-refractivity contribution in [2.75, 3.05) is 7.11 Å². The highest BCUT2D eigenvalue weighted by Gasteiger charge is 2.13. The van der Waals surface area contributed by atoms with Crippen LogP contribution < -0.4 is 9.47 Å². The number of methoxy groups -OCH3 is 1. The van der Waals surface area contributed by atoms with Crippen molar-refractivity contribution in [2.24, 2.45) is 0 Å². The molecule has 20 heavy (non-hydrogen) atoms. The summed E-state index contributed by atoms with van der Waals surface area (Å²) in [5, 5.41) is 8.99. The van der Waals surface area contributed by atoms with Gasteiger partial charge in [-0.3, -0.25) is 0 Å². The van der Waals surface area contributed by atoms with Gasteiger partial charge in [0.25, 0.3) is 0 Å². The number of benzene rings is 1. The third-order valence-corrected chi connectivity index (χ3v) is 2.54. The molecule has 6 heteroatoms. The average molecular weight is 277 g/mol. The fraction of sp³-hybridized carbons (Fsp3) is 0.143. The Balaban J connectivity index is 2.16. The molecule has 0 saturated heterocycles. The number of aromatic nitrogens is 1. The Hall–Kier alpha value is -2.63. The molecular weight excluding hydrogens is 265 g/mol. The van der Waals surface area contributed by atoms with Gasteiger partial charge in [0.15, 0.2) is 0 Å². The molecule has 2 aromatic rings. The fourth-order valence-corrected chi connectivity index (χ4v) is 1.60. The number of pyridine rings is 1. The molecule has 0 fully saturated rings. The topological polar surface area (TPSA) is 68.7 Å². The molecule has 0 saturated carbocycles. The van der Waals surface area contributed by atoms with Crippen molar-refractivity contribution in [3.8, 4) is 11.6 Å². The molecule has 1 N–H and O–H groups in total. The van der Waals surface area contributed by atoms with E-state index >= 15 is 0 Å². The Labute approximate surface area is 114 Å². The van der Waals surface area contributed by atoms with Crippen LogP contribution in [0.3, 0.4) is 0 Å². The monoisotopic (exact) mass is 277 g/mol. The number of carboxylic acid groups (broad SMARTS) is 1. The average Bonchev–Trinajstić information content (AvgIpc) is 2.46. The lowest BCUT2D eigenvalue weighted by Gasteiger charge is -2.09. The summed E-state index contributed by atoms with van der Waals surface area (Å²) in [4.78, 5) is 15.1. The summed E-state index contributed by atoms with van der Waals surface area (Å²) >= 11 is 0. The molecule has 0 radical (unpaired) electrons. The van der Waals surface area contributed by atoms with Gasteiger partial charge in [0.1, 0.15) is 23.7 Å². The summed E-state index contributed by atoms with van der Waals surface area (Å²) < 4.78 is 23.4. The van der Waals surface area contributed by atoms with Gasteiger partial charge in [0, 0.05) is 6.07 Å².